The number of carbonyl (C=O) groups is 1. The molecule has 0 radical (unpaired) electrons. The van der Waals surface area contributed by atoms with Gasteiger partial charge in [-0.15, -0.1) is 0 Å². The Hall–Kier alpha value is -2.03. The quantitative estimate of drug-likeness (QED) is 0.532. The van der Waals surface area contributed by atoms with Gasteiger partial charge in [0.15, 0.2) is 11.5 Å². The van der Waals surface area contributed by atoms with Crippen molar-refractivity contribution in [1.29, 1.82) is 0 Å². The van der Waals surface area contributed by atoms with E-state index in [0.717, 1.165) is 17.1 Å². The lowest BCUT2D eigenvalue weighted by Gasteiger charge is -2.01. The van der Waals surface area contributed by atoms with Crippen LogP contribution in [0.25, 0.3) is 10.8 Å². The van der Waals surface area contributed by atoms with Crippen molar-refractivity contribution in [3.63, 3.8) is 0 Å². The van der Waals surface area contributed by atoms with Crippen LogP contribution in [0, 0.1) is 0 Å². The minimum absolute atomic E-state index is 0.156. The number of carbonyl (C=O) groups excluding carboxylic acids is 1. The predicted molar refractivity (Wildman–Crippen MR) is 52.7 cm³/mol. The maximum atomic E-state index is 10.5. The summed E-state index contributed by atoms with van der Waals surface area (Å²) in [6, 6.07) is 7.92. The second-order valence-corrected chi connectivity index (χ2v) is 3.07. The summed E-state index contributed by atoms with van der Waals surface area (Å²) < 4.78 is 0. The lowest BCUT2D eigenvalue weighted by atomic mass is 10.1. The molecule has 0 spiro atoms. The van der Waals surface area contributed by atoms with Crippen molar-refractivity contribution in [1.82, 2.24) is 0 Å². The Morgan fingerprint density at radius 1 is 0.929 bits per heavy atom. The average molecular weight is 188 g/mol. The number of phenolic OH excluding ortho intramolecular Hbond substituents is 2. The monoisotopic (exact) mass is 188 g/mol. The molecule has 0 bridgehead atoms. The van der Waals surface area contributed by atoms with E-state index in [9.17, 15) is 15.0 Å². The lowest BCUT2D eigenvalue weighted by molar-refractivity contribution is 0.112. The molecule has 0 fully saturated rings. The maximum Gasteiger partial charge on any atom is 0.158 e. The summed E-state index contributed by atoms with van der Waals surface area (Å²) >= 11 is 0. The Balaban J connectivity index is 2.76. The van der Waals surface area contributed by atoms with E-state index in [1.807, 2.05) is 0 Å². The molecular weight excluding hydrogens is 180 g/mol. The van der Waals surface area contributed by atoms with Gasteiger partial charge in [0, 0.05) is 5.56 Å². The van der Waals surface area contributed by atoms with Crippen molar-refractivity contribution < 1.29 is 15.0 Å². The van der Waals surface area contributed by atoms with Crippen LogP contribution in [0.4, 0.5) is 0 Å². The summed E-state index contributed by atoms with van der Waals surface area (Å²) in [5, 5.41) is 20.0. The zero-order valence-electron chi connectivity index (χ0n) is 7.27. The molecule has 3 heteroatoms. The fourth-order valence-electron chi connectivity index (χ4n) is 1.37. The van der Waals surface area contributed by atoms with Crippen molar-refractivity contribution in [2.75, 3.05) is 0 Å². The van der Waals surface area contributed by atoms with Gasteiger partial charge in [0.25, 0.3) is 0 Å². The lowest BCUT2D eigenvalue weighted by Crippen LogP contribution is -1.80. The summed E-state index contributed by atoms with van der Waals surface area (Å²) in [5.41, 5.74) is 0.544. The fraction of sp³-hybridized carbons (Fsp3) is 0. The second-order valence-electron chi connectivity index (χ2n) is 3.07. The molecule has 0 saturated heterocycles. The highest BCUT2D eigenvalue weighted by molar-refractivity contribution is 5.90. The summed E-state index contributed by atoms with van der Waals surface area (Å²) in [5.74, 6) is -0.336. The third kappa shape index (κ3) is 1.29. The van der Waals surface area contributed by atoms with Gasteiger partial charge in [-0.2, -0.15) is 0 Å². The molecular formula is C11H8O3. The number of hydrogen-bond acceptors (Lipinski definition) is 3. The Kier molecular flexibility index (Phi) is 1.85. The van der Waals surface area contributed by atoms with Crippen molar-refractivity contribution in [2.24, 2.45) is 0 Å². The molecule has 2 rings (SSSR count). The molecule has 0 heterocycles. The zero-order chi connectivity index (χ0) is 10.1. The van der Waals surface area contributed by atoms with Gasteiger partial charge in [0.2, 0.25) is 0 Å². The van der Waals surface area contributed by atoms with Gasteiger partial charge < -0.3 is 10.2 Å². The Morgan fingerprint density at radius 3 is 2.21 bits per heavy atom. The van der Waals surface area contributed by atoms with Gasteiger partial charge in [-0.1, -0.05) is 12.1 Å². The molecule has 0 aliphatic heterocycles. The second kappa shape index (κ2) is 3.03. The van der Waals surface area contributed by atoms with Crippen LogP contribution in [0.5, 0.6) is 11.5 Å². The molecule has 0 aliphatic rings. The Labute approximate surface area is 80.2 Å². The summed E-state index contributed by atoms with van der Waals surface area (Å²) in [6.07, 6.45) is 0.739. The van der Waals surface area contributed by atoms with E-state index in [-0.39, 0.29) is 11.5 Å². The molecule has 0 atom stereocenters. The minimum Gasteiger partial charge on any atom is -0.504 e. The number of benzene rings is 2. The van der Waals surface area contributed by atoms with Crippen LogP contribution in [0.3, 0.4) is 0 Å². The minimum atomic E-state index is -0.180. The number of fused-ring (bicyclic) bond motifs is 1. The van der Waals surface area contributed by atoms with Gasteiger partial charge in [0.05, 0.1) is 0 Å². The van der Waals surface area contributed by atoms with E-state index in [1.54, 1.807) is 18.2 Å². The van der Waals surface area contributed by atoms with E-state index < -0.39 is 0 Å². The van der Waals surface area contributed by atoms with Crippen LogP contribution in [0.1, 0.15) is 10.4 Å². The Bertz CT molecular complexity index is 503. The van der Waals surface area contributed by atoms with Gasteiger partial charge in [-0.25, -0.2) is 0 Å². The van der Waals surface area contributed by atoms with Crippen molar-refractivity contribution in [3.05, 3.63) is 35.9 Å². The van der Waals surface area contributed by atoms with Crippen LogP contribution < -0.4 is 0 Å². The highest BCUT2D eigenvalue weighted by Crippen LogP contribution is 2.30. The maximum absolute atomic E-state index is 10.5. The van der Waals surface area contributed by atoms with E-state index >= 15 is 0 Å². The van der Waals surface area contributed by atoms with E-state index in [1.165, 1.54) is 12.1 Å². The molecule has 2 aromatic carbocycles. The first kappa shape index (κ1) is 8.56. The standard InChI is InChI=1S/C11H8O3/c12-6-7-1-2-8-4-10(13)11(14)5-9(8)3-7/h1-6,13-14H. The average Bonchev–Trinajstić information content (AvgIpc) is 2.19. The van der Waals surface area contributed by atoms with E-state index in [4.69, 9.17) is 0 Å². The Morgan fingerprint density at radius 2 is 1.57 bits per heavy atom. The fourth-order valence-corrected chi connectivity index (χ4v) is 1.37. The van der Waals surface area contributed by atoms with Crippen LogP contribution in [0.15, 0.2) is 30.3 Å². The van der Waals surface area contributed by atoms with E-state index in [2.05, 4.69) is 0 Å². The molecule has 70 valence electrons. The van der Waals surface area contributed by atoms with Crippen molar-refractivity contribution in [2.45, 2.75) is 0 Å². The summed E-state index contributed by atoms with van der Waals surface area (Å²) in [6.45, 7) is 0. The SMILES string of the molecule is O=Cc1ccc2cc(O)c(O)cc2c1. The number of hydrogen-bond donors (Lipinski definition) is 2. The molecule has 2 N–H and O–H groups in total. The molecule has 0 amide bonds. The molecule has 0 saturated carbocycles. The van der Waals surface area contributed by atoms with Gasteiger partial charge in [0.1, 0.15) is 6.29 Å². The van der Waals surface area contributed by atoms with Crippen LogP contribution >= 0.6 is 0 Å². The van der Waals surface area contributed by atoms with Crippen molar-refractivity contribution >= 4 is 17.1 Å². The number of rotatable bonds is 1. The highest BCUT2D eigenvalue weighted by Gasteiger charge is 2.02. The number of aromatic hydroxyl groups is 2. The summed E-state index contributed by atoms with van der Waals surface area (Å²) in [7, 11) is 0. The van der Waals surface area contributed by atoms with E-state index in [0.29, 0.717) is 5.56 Å². The molecule has 0 aliphatic carbocycles. The third-order valence-corrected chi connectivity index (χ3v) is 2.09. The molecule has 0 aromatic heterocycles. The third-order valence-electron chi connectivity index (χ3n) is 2.09. The molecule has 2 aromatic rings. The highest BCUT2D eigenvalue weighted by atomic mass is 16.3. The van der Waals surface area contributed by atoms with Crippen LogP contribution in [-0.4, -0.2) is 16.5 Å². The first-order chi connectivity index (χ1) is 6.70. The van der Waals surface area contributed by atoms with Gasteiger partial charge in [-0.3, -0.25) is 4.79 Å². The number of aldehydes is 1. The first-order valence-electron chi connectivity index (χ1n) is 4.11. The molecule has 0 unspecified atom stereocenters. The van der Waals surface area contributed by atoms with Crippen LogP contribution in [-0.2, 0) is 0 Å². The predicted octanol–water partition coefficient (Wildman–Crippen LogP) is 2.06. The number of phenols is 2. The largest absolute Gasteiger partial charge is 0.504 e. The van der Waals surface area contributed by atoms with Gasteiger partial charge in [-0.05, 0) is 29.0 Å². The van der Waals surface area contributed by atoms with Crippen LogP contribution in [0.2, 0.25) is 0 Å². The molecule has 14 heavy (non-hydrogen) atoms. The van der Waals surface area contributed by atoms with Gasteiger partial charge >= 0.3 is 0 Å². The van der Waals surface area contributed by atoms with Crippen molar-refractivity contribution in [3.8, 4) is 11.5 Å². The summed E-state index contributed by atoms with van der Waals surface area (Å²) in [4.78, 5) is 10.5. The molecule has 3 nitrogen and oxygen atoms in total. The smallest absolute Gasteiger partial charge is 0.158 e. The normalized spacial score (nSPS) is 10.3. The first-order valence-corrected chi connectivity index (χ1v) is 4.11. The topological polar surface area (TPSA) is 57.5 Å². The zero-order valence-corrected chi connectivity index (χ0v) is 7.27.